The van der Waals surface area contributed by atoms with Gasteiger partial charge in [0.15, 0.2) is 0 Å². The Bertz CT molecular complexity index is 276. The summed E-state index contributed by atoms with van der Waals surface area (Å²) < 4.78 is 0. The van der Waals surface area contributed by atoms with E-state index in [9.17, 15) is 0 Å². The molecule has 2 rings (SSSR count). The van der Waals surface area contributed by atoms with Crippen LogP contribution >= 0.6 is 0 Å². The molecule has 0 aliphatic rings. The van der Waals surface area contributed by atoms with Gasteiger partial charge in [-0.2, -0.15) is 0 Å². The predicted molar refractivity (Wildman–Crippen MR) is 43.9 cm³/mol. The van der Waals surface area contributed by atoms with Crippen LogP contribution in [0.1, 0.15) is 0 Å². The zero-order chi connectivity index (χ0) is 6.81. The number of hydrogen-bond donors (Lipinski definition) is 0. The van der Waals surface area contributed by atoms with Gasteiger partial charge in [0.25, 0.3) is 0 Å². The van der Waals surface area contributed by atoms with Gasteiger partial charge in [-0.3, -0.25) is 0 Å². The third-order valence-corrected chi connectivity index (χ3v) is 1.66. The van der Waals surface area contributed by atoms with Crippen molar-refractivity contribution in [2.75, 3.05) is 0 Å². The molecule has 0 aromatic heterocycles. The zero-order valence-electron chi connectivity index (χ0n) is 6.03. The van der Waals surface area contributed by atoms with Gasteiger partial charge in [-0.1, -0.05) is 48.5 Å². The Kier molecular flexibility index (Phi) is 2.71. The molecule has 0 atom stereocenters. The van der Waals surface area contributed by atoms with Crippen molar-refractivity contribution in [3.8, 4) is 0 Å². The first-order chi connectivity index (χ1) is 4.97. The quantitative estimate of drug-likeness (QED) is 0.584. The first-order valence-corrected chi connectivity index (χ1v) is 3.40. The van der Waals surface area contributed by atoms with Crippen molar-refractivity contribution in [1.29, 1.82) is 0 Å². The second-order valence-electron chi connectivity index (χ2n) is 2.35. The van der Waals surface area contributed by atoms with E-state index in [2.05, 4.69) is 48.5 Å². The fourth-order valence-electron chi connectivity index (χ4n) is 1.13. The summed E-state index contributed by atoms with van der Waals surface area (Å²) in [6, 6.07) is 16.7. The minimum atomic E-state index is 0. The molecule has 0 saturated carbocycles. The van der Waals surface area contributed by atoms with E-state index in [0.29, 0.717) is 0 Å². The molecule has 0 N–H and O–H groups in total. The summed E-state index contributed by atoms with van der Waals surface area (Å²) in [5, 5.41) is 2.62. The average molecular weight is 180 g/mol. The fourth-order valence-corrected chi connectivity index (χ4v) is 1.13. The summed E-state index contributed by atoms with van der Waals surface area (Å²) in [5.41, 5.74) is 0. The van der Waals surface area contributed by atoms with E-state index in [1.807, 2.05) is 0 Å². The van der Waals surface area contributed by atoms with E-state index in [1.165, 1.54) is 10.8 Å². The molecule has 0 aliphatic heterocycles. The summed E-state index contributed by atoms with van der Waals surface area (Å²) >= 11 is 0. The van der Waals surface area contributed by atoms with Gasteiger partial charge in [0.05, 0.1) is 0 Å². The van der Waals surface area contributed by atoms with Gasteiger partial charge in [0.1, 0.15) is 0 Å². The maximum absolute atomic E-state index is 2.12. The van der Waals surface area contributed by atoms with Crippen molar-refractivity contribution in [3.63, 3.8) is 0 Å². The van der Waals surface area contributed by atoms with Gasteiger partial charge in [0.2, 0.25) is 0 Å². The van der Waals surface area contributed by atoms with Crippen molar-refractivity contribution < 1.29 is 17.4 Å². The molecule has 0 bridgehead atoms. The maximum Gasteiger partial charge on any atom is 3.00 e. The van der Waals surface area contributed by atoms with Crippen LogP contribution in [0.2, 0.25) is 0 Å². The molecule has 0 amide bonds. The standard InChI is InChI=1S/C10H8.Cr/c1-2-6-10-8-4-3-7-9(10)5-1;/h1-8H;/q;+3. The Morgan fingerprint density at radius 1 is 0.545 bits per heavy atom. The Labute approximate surface area is 77.0 Å². The van der Waals surface area contributed by atoms with Crippen molar-refractivity contribution in [2.24, 2.45) is 0 Å². The molecule has 0 nitrogen and oxygen atoms in total. The van der Waals surface area contributed by atoms with Crippen LogP contribution in [-0.2, 0) is 17.4 Å². The van der Waals surface area contributed by atoms with Crippen molar-refractivity contribution in [1.82, 2.24) is 0 Å². The molecular formula is C10H8Cr+3. The molecule has 0 spiro atoms. The average Bonchev–Trinajstić information content (AvgIpc) is 2.05. The fraction of sp³-hybridized carbons (Fsp3) is 0. The van der Waals surface area contributed by atoms with Gasteiger partial charge in [-0.05, 0) is 10.8 Å². The molecule has 2 aromatic carbocycles. The first kappa shape index (κ1) is 8.33. The minimum Gasteiger partial charge on any atom is -0.0616 e. The Morgan fingerprint density at radius 3 is 1.09 bits per heavy atom. The first-order valence-electron chi connectivity index (χ1n) is 3.40. The Morgan fingerprint density at radius 2 is 0.818 bits per heavy atom. The molecular weight excluding hydrogens is 172 g/mol. The third kappa shape index (κ3) is 1.63. The monoisotopic (exact) mass is 180 g/mol. The van der Waals surface area contributed by atoms with Crippen LogP contribution in [0.25, 0.3) is 10.8 Å². The molecule has 11 heavy (non-hydrogen) atoms. The largest absolute Gasteiger partial charge is 3.00 e. The number of rotatable bonds is 0. The summed E-state index contributed by atoms with van der Waals surface area (Å²) in [7, 11) is 0. The van der Waals surface area contributed by atoms with Crippen LogP contribution in [0.3, 0.4) is 0 Å². The van der Waals surface area contributed by atoms with E-state index in [0.717, 1.165) is 0 Å². The molecule has 0 fully saturated rings. The smallest absolute Gasteiger partial charge is 0.0616 e. The molecule has 0 saturated heterocycles. The van der Waals surface area contributed by atoms with Crippen molar-refractivity contribution in [2.45, 2.75) is 0 Å². The van der Waals surface area contributed by atoms with Crippen LogP contribution in [0, 0.1) is 0 Å². The van der Waals surface area contributed by atoms with Crippen molar-refractivity contribution >= 4 is 10.8 Å². The predicted octanol–water partition coefficient (Wildman–Crippen LogP) is 2.84. The summed E-state index contributed by atoms with van der Waals surface area (Å²) in [5.74, 6) is 0. The van der Waals surface area contributed by atoms with Gasteiger partial charge in [0, 0.05) is 0 Å². The molecule has 0 unspecified atom stereocenters. The summed E-state index contributed by atoms with van der Waals surface area (Å²) in [4.78, 5) is 0. The van der Waals surface area contributed by atoms with E-state index in [-0.39, 0.29) is 17.4 Å². The molecule has 1 radical (unpaired) electrons. The van der Waals surface area contributed by atoms with E-state index < -0.39 is 0 Å². The normalized spacial score (nSPS) is 9.09. The Balaban J connectivity index is 0.000000605. The van der Waals surface area contributed by atoms with Crippen molar-refractivity contribution in [3.05, 3.63) is 48.5 Å². The molecule has 1 heteroatoms. The SMILES string of the molecule is [Cr+3].c1ccc2ccccc2c1. The maximum atomic E-state index is 2.12. The molecule has 51 valence electrons. The van der Waals surface area contributed by atoms with Gasteiger partial charge in [-0.15, -0.1) is 0 Å². The van der Waals surface area contributed by atoms with Crippen LogP contribution in [-0.4, -0.2) is 0 Å². The molecule has 2 aromatic rings. The van der Waals surface area contributed by atoms with E-state index in [1.54, 1.807) is 0 Å². The van der Waals surface area contributed by atoms with Gasteiger partial charge >= 0.3 is 17.4 Å². The molecule has 0 aliphatic carbocycles. The molecule has 0 heterocycles. The summed E-state index contributed by atoms with van der Waals surface area (Å²) in [6.45, 7) is 0. The Hall–Kier alpha value is -0.768. The second-order valence-corrected chi connectivity index (χ2v) is 2.35. The second kappa shape index (κ2) is 3.57. The topological polar surface area (TPSA) is 0 Å². The summed E-state index contributed by atoms with van der Waals surface area (Å²) in [6.07, 6.45) is 0. The number of fused-ring (bicyclic) bond motifs is 1. The van der Waals surface area contributed by atoms with Gasteiger partial charge < -0.3 is 0 Å². The van der Waals surface area contributed by atoms with E-state index in [4.69, 9.17) is 0 Å². The number of benzene rings is 2. The minimum absolute atomic E-state index is 0. The van der Waals surface area contributed by atoms with Gasteiger partial charge in [-0.25, -0.2) is 0 Å². The van der Waals surface area contributed by atoms with Crippen LogP contribution in [0.4, 0.5) is 0 Å². The number of hydrogen-bond acceptors (Lipinski definition) is 0. The van der Waals surface area contributed by atoms with Crippen LogP contribution in [0.15, 0.2) is 48.5 Å². The van der Waals surface area contributed by atoms with Crippen LogP contribution < -0.4 is 0 Å². The zero-order valence-corrected chi connectivity index (χ0v) is 7.30. The van der Waals surface area contributed by atoms with E-state index >= 15 is 0 Å². The van der Waals surface area contributed by atoms with Crippen LogP contribution in [0.5, 0.6) is 0 Å². The third-order valence-electron chi connectivity index (χ3n) is 1.66.